The van der Waals surface area contributed by atoms with Gasteiger partial charge in [0.1, 0.15) is 6.04 Å². The van der Waals surface area contributed by atoms with Crippen molar-refractivity contribution < 1.29 is 14.3 Å². The number of rotatable bonds is 4. The molecule has 26 heavy (non-hydrogen) atoms. The van der Waals surface area contributed by atoms with Crippen molar-refractivity contribution in [2.24, 2.45) is 0 Å². The Labute approximate surface area is 150 Å². The van der Waals surface area contributed by atoms with Gasteiger partial charge in [-0.15, -0.1) is 0 Å². The third-order valence-electron chi connectivity index (χ3n) is 4.60. The van der Waals surface area contributed by atoms with Crippen molar-refractivity contribution in [1.29, 1.82) is 0 Å². The van der Waals surface area contributed by atoms with Crippen LogP contribution < -0.4 is 10.9 Å². The Balaban J connectivity index is 1.62. The Bertz CT molecular complexity index is 864. The van der Waals surface area contributed by atoms with Crippen LogP contribution in [0.2, 0.25) is 0 Å². The zero-order valence-electron chi connectivity index (χ0n) is 14.7. The maximum absolute atomic E-state index is 12.4. The van der Waals surface area contributed by atoms with E-state index in [1.165, 1.54) is 16.7 Å². The fourth-order valence-corrected chi connectivity index (χ4v) is 3.23. The number of ether oxygens (including phenoxy) is 1. The van der Waals surface area contributed by atoms with E-state index in [0.29, 0.717) is 18.4 Å². The second-order valence-electron chi connectivity index (χ2n) is 6.23. The van der Waals surface area contributed by atoms with E-state index in [1.54, 1.807) is 18.3 Å². The molecule has 2 heterocycles. The summed E-state index contributed by atoms with van der Waals surface area (Å²) in [5.41, 5.74) is -0.189. The second-order valence-corrected chi connectivity index (χ2v) is 6.23. The van der Waals surface area contributed by atoms with Crippen LogP contribution in [-0.2, 0) is 16.1 Å². The van der Waals surface area contributed by atoms with Gasteiger partial charge < -0.3 is 10.1 Å². The number of piperidine rings is 1. The summed E-state index contributed by atoms with van der Waals surface area (Å²) in [4.78, 5) is 38.1. The molecule has 1 aromatic carbocycles. The maximum atomic E-state index is 12.4. The van der Waals surface area contributed by atoms with Crippen molar-refractivity contribution in [2.75, 3.05) is 20.2 Å². The van der Waals surface area contributed by atoms with Crippen molar-refractivity contribution >= 4 is 22.8 Å². The van der Waals surface area contributed by atoms with E-state index in [2.05, 4.69) is 10.4 Å². The summed E-state index contributed by atoms with van der Waals surface area (Å²) in [5.74, 6) is -0.232. The number of nitrogens with zero attached hydrogens (tertiary/aromatic N) is 3. The van der Waals surface area contributed by atoms with Gasteiger partial charge in [-0.2, -0.15) is 5.10 Å². The lowest BCUT2D eigenvalue weighted by Crippen LogP contribution is -2.52. The number of fused-ring (bicyclic) bond motifs is 1. The third-order valence-corrected chi connectivity index (χ3v) is 4.60. The molecule has 0 aliphatic carbocycles. The highest BCUT2D eigenvalue weighted by Gasteiger charge is 2.32. The zero-order chi connectivity index (χ0) is 18.5. The van der Waals surface area contributed by atoms with E-state index in [-0.39, 0.29) is 24.6 Å². The Kier molecular flexibility index (Phi) is 5.50. The molecule has 1 aliphatic heterocycles. The van der Waals surface area contributed by atoms with Crippen LogP contribution in [0.5, 0.6) is 0 Å². The molecule has 2 amide bonds. The molecule has 1 unspecified atom stereocenters. The quantitative estimate of drug-likeness (QED) is 0.884. The molecular formula is C18H22N4O4. The summed E-state index contributed by atoms with van der Waals surface area (Å²) in [7, 11) is 1.31. The van der Waals surface area contributed by atoms with Gasteiger partial charge in [0.15, 0.2) is 0 Å². The number of amides is 2. The van der Waals surface area contributed by atoms with Gasteiger partial charge in [0.25, 0.3) is 5.56 Å². The van der Waals surface area contributed by atoms with E-state index < -0.39 is 12.1 Å². The van der Waals surface area contributed by atoms with E-state index in [9.17, 15) is 14.4 Å². The Hall–Kier alpha value is -2.90. The molecule has 8 nitrogen and oxygen atoms in total. The molecule has 0 radical (unpaired) electrons. The number of methoxy groups -OCH3 is 1. The van der Waals surface area contributed by atoms with Gasteiger partial charge >= 0.3 is 6.09 Å². The van der Waals surface area contributed by atoms with Crippen LogP contribution in [0.25, 0.3) is 10.8 Å². The Morgan fingerprint density at radius 2 is 2.12 bits per heavy atom. The van der Waals surface area contributed by atoms with Crippen LogP contribution in [0.1, 0.15) is 19.3 Å². The minimum atomic E-state index is -0.530. The lowest BCUT2D eigenvalue weighted by Gasteiger charge is -2.33. The molecular weight excluding hydrogens is 336 g/mol. The molecule has 3 rings (SSSR count). The van der Waals surface area contributed by atoms with Crippen LogP contribution in [0.4, 0.5) is 4.79 Å². The molecule has 8 heteroatoms. The summed E-state index contributed by atoms with van der Waals surface area (Å²) in [6.45, 7) is 1.03. The van der Waals surface area contributed by atoms with Crippen LogP contribution in [-0.4, -0.2) is 52.9 Å². The fraction of sp³-hybridized carbons (Fsp3) is 0.444. The SMILES string of the molecule is COC(=O)N1CCCCC1C(=O)NCCn1ncc2ccccc2c1=O. The molecule has 1 N–H and O–H groups in total. The number of likely N-dealkylation sites (tertiary alicyclic amines) is 1. The van der Waals surface area contributed by atoms with Crippen LogP contribution in [0.15, 0.2) is 35.3 Å². The first kappa shape index (κ1) is 17.9. The molecule has 1 aromatic heterocycles. The van der Waals surface area contributed by atoms with Crippen molar-refractivity contribution in [3.05, 3.63) is 40.8 Å². The minimum Gasteiger partial charge on any atom is -0.453 e. The lowest BCUT2D eigenvalue weighted by molar-refractivity contribution is -0.127. The first-order valence-electron chi connectivity index (χ1n) is 8.69. The standard InChI is InChI=1S/C18H22N4O4/c1-26-18(25)21-10-5-4-8-15(21)16(23)19-9-11-22-17(24)14-7-3-2-6-13(14)12-20-22/h2-3,6-7,12,15H,4-5,8-11H2,1H3,(H,19,23). The first-order valence-corrected chi connectivity index (χ1v) is 8.69. The number of benzene rings is 1. The van der Waals surface area contributed by atoms with Crippen LogP contribution in [0.3, 0.4) is 0 Å². The zero-order valence-corrected chi connectivity index (χ0v) is 14.7. The van der Waals surface area contributed by atoms with Gasteiger partial charge in [0, 0.05) is 18.5 Å². The van der Waals surface area contributed by atoms with E-state index in [1.807, 2.05) is 12.1 Å². The van der Waals surface area contributed by atoms with Crippen molar-refractivity contribution in [3.63, 3.8) is 0 Å². The molecule has 2 aromatic rings. The Morgan fingerprint density at radius 1 is 1.31 bits per heavy atom. The number of nitrogens with one attached hydrogen (secondary N) is 1. The largest absolute Gasteiger partial charge is 0.453 e. The molecule has 138 valence electrons. The predicted octanol–water partition coefficient (Wildman–Crippen LogP) is 1.13. The van der Waals surface area contributed by atoms with Gasteiger partial charge in [-0.3, -0.25) is 14.5 Å². The van der Waals surface area contributed by atoms with Gasteiger partial charge in [-0.25, -0.2) is 9.48 Å². The van der Waals surface area contributed by atoms with Crippen LogP contribution in [0, 0.1) is 0 Å². The number of hydrogen-bond acceptors (Lipinski definition) is 5. The maximum Gasteiger partial charge on any atom is 0.410 e. The lowest BCUT2D eigenvalue weighted by atomic mass is 10.0. The first-order chi connectivity index (χ1) is 12.6. The summed E-state index contributed by atoms with van der Waals surface area (Å²) in [6, 6.07) is 6.72. The van der Waals surface area contributed by atoms with Crippen molar-refractivity contribution in [2.45, 2.75) is 31.8 Å². The molecule has 0 spiro atoms. The van der Waals surface area contributed by atoms with Crippen molar-refractivity contribution in [3.8, 4) is 0 Å². The molecule has 0 bridgehead atoms. The van der Waals surface area contributed by atoms with E-state index >= 15 is 0 Å². The van der Waals surface area contributed by atoms with Crippen LogP contribution >= 0.6 is 0 Å². The van der Waals surface area contributed by atoms with Gasteiger partial charge in [0.05, 0.1) is 25.2 Å². The highest BCUT2D eigenvalue weighted by molar-refractivity contribution is 5.85. The van der Waals surface area contributed by atoms with E-state index in [4.69, 9.17) is 4.74 Å². The summed E-state index contributed by atoms with van der Waals surface area (Å²) >= 11 is 0. The smallest absolute Gasteiger partial charge is 0.410 e. The number of carbonyl (C=O) groups is 2. The summed E-state index contributed by atoms with van der Waals surface area (Å²) in [6.07, 6.45) is 3.50. The number of hydrogen-bond donors (Lipinski definition) is 1. The van der Waals surface area contributed by atoms with Gasteiger partial charge in [0.2, 0.25) is 5.91 Å². The molecule has 1 saturated heterocycles. The fourth-order valence-electron chi connectivity index (χ4n) is 3.23. The summed E-state index contributed by atoms with van der Waals surface area (Å²) < 4.78 is 6.09. The number of aromatic nitrogens is 2. The predicted molar refractivity (Wildman–Crippen MR) is 95.8 cm³/mol. The average Bonchev–Trinajstić information content (AvgIpc) is 2.69. The minimum absolute atomic E-state index is 0.189. The Morgan fingerprint density at radius 3 is 2.92 bits per heavy atom. The molecule has 0 saturated carbocycles. The topological polar surface area (TPSA) is 93.5 Å². The van der Waals surface area contributed by atoms with Gasteiger partial charge in [-0.1, -0.05) is 18.2 Å². The number of carbonyl (C=O) groups excluding carboxylic acids is 2. The second kappa shape index (κ2) is 7.99. The highest BCUT2D eigenvalue weighted by atomic mass is 16.5. The third kappa shape index (κ3) is 3.68. The normalized spacial score (nSPS) is 17.1. The van der Waals surface area contributed by atoms with Crippen molar-refractivity contribution in [1.82, 2.24) is 20.0 Å². The van der Waals surface area contributed by atoms with E-state index in [0.717, 1.165) is 18.2 Å². The molecule has 1 fully saturated rings. The average molecular weight is 358 g/mol. The monoisotopic (exact) mass is 358 g/mol. The summed E-state index contributed by atoms with van der Waals surface area (Å²) in [5, 5.41) is 8.32. The highest BCUT2D eigenvalue weighted by Crippen LogP contribution is 2.18. The molecule has 1 atom stereocenters. The molecule has 1 aliphatic rings. The van der Waals surface area contributed by atoms with Gasteiger partial charge in [-0.05, 0) is 25.3 Å².